The predicted molar refractivity (Wildman–Crippen MR) is 157 cm³/mol. The lowest BCUT2D eigenvalue weighted by Crippen LogP contribution is -2.51. The van der Waals surface area contributed by atoms with E-state index in [2.05, 4.69) is 5.32 Å². The van der Waals surface area contributed by atoms with Gasteiger partial charge in [-0.25, -0.2) is 0 Å². The molecule has 7 rings (SSSR count). The average Bonchev–Trinajstić information content (AvgIpc) is 3.45. The van der Waals surface area contributed by atoms with E-state index in [-0.39, 0.29) is 33.1 Å². The van der Waals surface area contributed by atoms with E-state index in [0.29, 0.717) is 16.8 Å². The van der Waals surface area contributed by atoms with E-state index >= 15 is 0 Å². The van der Waals surface area contributed by atoms with E-state index in [1.54, 1.807) is 48.5 Å². The summed E-state index contributed by atoms with van der Waals surface area (Å²) in [5, 5.41) is 3.57. The van der Waals surface area contributed by atoms with Gasteiger partial charge in [-0.1, -0.05) is 96.0 Å². The molecule has 0 bridgehead atoms. The molecule has 1 N–H and O–H groups in total. The Labute approximate surface area is 241 Å². The number of hydrogen-bond donors (Lipinski definition) is 1. The van der Waals surface area contributed by atoms with Crippen molar-refractivity contribution in [1.29, 1.82) is 0 Å². The zero-order valence-corrected chi connectivity index (χ0v) is 22.6. The molecule has 0 radical (unpaired) electrons. The molecule has 0 aromatic heterocycles. The second-order valence-electron chi connectivity index (χ2n) is 10.2. The molecule has 4 aromatic carbocycles. The van der Waals surface area contributed by atoms with Crippen LogP contribution in [0.5, 0.6) is 0 Å². The quantitative estimate of drug-likeness (QED) is 0.275. The van der Waals surface area contributed by atoms with Crippen molar-refractivity contribution in [2.75, 3.05) is 10.2 Å². The molecule has 0 aliphatic carbocycles. The number of hydrogen-bond acceptors (Lipinski definition) is 4. The van der Waals surface area contributed by atoms with E-state index in [1.165, 1.54) is 0 Å². The van der Waals surface area contributed by atoms with Crippen LogP contribution in [0.25, 0.3) is 6.08 Å². The molecule has 1 saturated heterocycles. The Morgan fingerprint density at radius 2 is 1.35 bits per heavy atom. The minimum absolute atomic E-state index is 0.263. The summed E-state index contributed by atoms with van der Waals surface area (Å²) in [4.78, 5) is 45.7. The van der Waals surface area contributed by atoms with Gasteiger partial charge in [0.15, 0.2) is 11.6 Å². The van der Waals surface area contributed by atoms with Crippen molar-refractivity contribution in [3.8, 4) is 0 Å². The summed E-state index contributed by atoms with van der Waals surface area (Å²) in [6.45, 7) is 0. The zero-order valence-electron chi connectivity index (χ0n) is 21.1. The number of rotatable bonds is 4. The summed E-state index contributed by atoms with van der Waals surface area (Å²) in [7, 11) is 0. The first-order valence-electron chi connectivity index (χ1n) is 13.0. The summed E-state index contributed by atoms with van der Waals surface area (Å²) >= 11 is 13.1. The van der Waals surface area contributed by atoms with Crippen molar-refractivity contribution in [2.24, 2.45) is 5.92 Å². The summed E-state index contributed by atoms with van der Waals surface area (Å²) in [5.41, 5.74) is 2.12. The normalized spacial score (nSPS) is 23.9. The Balaban J connectivity index is 1.56. The van der Waals surface area contributed by atoms with Gasteiger partial charge in [0.25, 0.3) is 0 Å². The number of para-hydroxylation sites is 2. The summed E-state index contributed by atoms with van der Waals surface area (Å²) < 4.78 is 0. The minimum atomic E-state index is -1.40. The largest absolute Gasteiger partial charge is 0.352 e. The van der Waals surface area contributed by atoms with Gasteiger partial charge in [0.1, 0.15) is 11.5 Å². The van der Waals surface area contributed by atoms with Crippen LogP contribution in [0.15, 0.2) is 103 Å². The Morgan fingerprint density at radius 1 is 0.750 bits per heavy atom. The molecule has 3 heterocycles. The van der Waals surface area contributed by atoms with Crippen molar-refractivity contribution in [1.82, 2.24) is 0 Å². The lowest BCUT2D eigenvalue weighted by molar-refractivity contribution is -0.121. The maximum absolute atomic E-state index is 14.8. The first-order valence-corrected chi connectivity index (χ1v) is 13.7. The Morgan fingerprint density at radius 3 is 2.08 bits per heavy atom. The number of benzene rings is 4. The molecule has 40 heavy (non-hydrogen) atoms. The molecule has 4 unspecified atom stereocenters. The lowest BCUT2D eigenvalue weighted by atomic mass is 9.64. The number of amides is 1. The number of halogens is 2. The summed E-state index contributed by atoms with van der Waals surface area (Å²) in [5.74, 6) is -2.14. The van der Waals surface area contributed by atoms with Gasteiger partial charge in [0.2, 0.25) is 5.91 Å². The van der Waals surface area contributed by atoms with Gasteiger partial charge < -0.3 is 10.2 Å². The van der Waals surface area contributed by atoms with Gasteiger partial charge in [0, 0.05) is 22.5 Å². The highest BCUT2D eigenvalue weighted by atomic mass is 35.5. The van der Waals surface area contributed by atoms with E-state index in [1.807, 2.05) is 65.6 Å². The van der Waals surface area contributed by atoms with Crippen LogP contribution >= 0.6 is 23.2 Å². The van der Waals surface area contributed by atoms with Crippen LogP contribution in [-0.4, -0.2) is 29.6 Å². The molecule has 3 aliphatic heterocycles. The van der Waals surface area contributed by atoms with Crippen molar-refractivity contribution in [3.05, 3.63) is 135 Å². The van der Waals surface area contributed by atoms with Crippen LogP contribution in [-0.2, 0) is 10.2 Å². The molecule has 4 aromatic rings. The number of Topliss-reactive ketones (excluding diaryl/α,β-unsaturated/α-hetero) is 2. The van der Waals surface area contributed by atoms with Gasteiger partial charge >= 0.3 is 0 Å². The molecular formula is C33H22Cl2N2O3. The fraction of sp³-hybridized carbons (Fsp3) is 0.121. The number of nitrogens with zero attached hydrogens (tertiary/aromatic N) is 1. The van der Waals surface area contributed by atoms with Gasteiger partial charge in [-0.15, -0.1) is 0 Å². The van der Waals surface area contributed by atoms with Crippen molar-refractivity contribution >= 4 is 58.1 Å². The summed E-state index contributed by atoms with van der Waals surface area (Å²) in [6, 6.07) is 27.0. The first kappa shape index (κ1) is 24.8. The van der Waals surface area contributed by atoms with Crippen LogP contribution in [0.4, 0.5) is 11.4 Å². The molecule has 5 nitrogen and oxygen atoms in total. The Bertz CT molecular complexity index is 1770. The van der Waals surface area contributed by atoms with E-state index in [4.69, 9.17) is 23.2 Å². The summed E-state index contributed by atoms with van der Waals surface area (Å²) in [6.07, 6.45) is 3.91. The smallest absolute Gasteiger partial charge is 0.238 e. The standard InChI is InChI=1S/C33H22Cl2N2O3/c34-23-13-5-2-10-20(23)30(38)28-29(31(39)21-11-3-6-14-24(21)35)37-26-16-8-1-9-19(26)17-18-27(37)33(28)22-12-4-7-15-25(22)36-32(33)40/h1-18,27-29H,(H,36,40). The van der Waals surface area contributed by atoms with Gasteiger partial charge in [0.05, 0.1) is 22.0 Å². The van der Waals surface area contributed by atoms with E-state index in [0.717, 1.165) is 11.3 Å². The third-order valence-electron chi connectivity index (χ3n) is 8.37. The SMILES string of the molecule is O=C(c1ccccc1Cl)C1C(C(=O)c2ccccc2Cl)C2(C(=O)Nc3ccccc32)C2C=Cc3ccccc3N12. The van der Waals surface area contributed by atoms with Crippen molar-refractivity contribution in [3.63, 3.8) is 0 Å². The minimum Gasteiger partial charge on any atom is -0.352 e. The Hall–Kier alpha value is -4.19. The topological polar surface area (TPSA) is 66.5 Å². The van der Waals surface area contributed by atoms with Gasteiger partial charge in [-0.2, -0.15) is 0 Å². The maximum atomic E-state index is 14.8. The number of fused-ring (bicyclic) bond motifs is 6. The molecule has 1 amide bonds. The number of ketones is 2. The van der Waals surface area contributed by atoms with Gasteiger partial charge in [-0.05, 0) is 47.5 Å². The third kappa shape index (κ3) is 3.31. The van der Waals surface area contributed by atoms with Crippen LogP contribution in [0.3, 0.4) is 0 Å². The fourth-order valence-electron chi connectivity index (χ4n) is 6.77. The van der Waals surface area contributed by atoms with E-state index < -0.39 is 23.4 Å². The highest BCUT2D eigenvalue weighted by molar-refractivity contribution is 6.35. The van der Waals surface area contributed by atoms with Crippen LogP contribution in [0.1, 0.15) is 31.8 Å². The van der Waals surface area contributed by atoms with Crippen LogP contribution in [0, 0.1) is 5.92 Å². The lowest BCUT2D eigenvalue weighted by Gasteiger charge is -2.37. The van der Waals surface area contributed by atoms with Crippen LogP contribution in [0.2, 0.25) is 10.0 Å². The first-order chi connectivity index (χ1) is 19.4. The van der Waals surface area contributed by atoms with Crippen LogP contribution < -0.4 is 10.2 Å². The second kappa shape index (κ2) is 9.19. The third-order valence-corrected chi connectivity index (χ3v) is 9.03. The molecule has 0 saturated carbocycles. The van der Waals surface area contributed by atoms with Crippen molar-refractivity contribution in [2.45, 2.75) is 17.5 Å². The highest BCUT2D eigenvalue weighted by Crippen LogP contribution is 2.58. The zero-order chi connectivity index (χ0) is 27.6. The van der Waals surface area contributed by atoms with Crippen molar-refractivity contribution < 1.29 is 14.4 Å². The molecular weight excluding hydrogens is 543 g/mol. The average molecular weight is 565 g/mol. The Kier molecular flexibility index (Phi) is 5.70. The second-order valence-corrected chi connectivity index (χ2v) is 11.1. The number of nitrogens with one attached hydrogen (secondary N) is 1. The highest BCUT2D eigenvalue weighted by Gasteiger charge is 2.70. The molecule has 196 valence electrons. The van der Waals surface area contributed by atoms with E-state index in [9.17, 15) is 14.4 Å². The molecule has 4 atom stereocenters. The fourth-order valence-corrected chi connectivity index (χ4v) is 7.23. The number of carbonyl (C=O) groups is 3. The predicted octanol–water partition coefficient (Wildman–Crippen LogP) is 6.85. The molecule has 1 fully saturated rings. The number of carbonyl (C=O) groups excluding carboxylic acids is 3. The maximum Gasteiger partial charge on any atom is 0.238 e. The van der Waals surface area contributed by atoms with Gasteiger partial charge in [-0.3, -0.25) is 14.4 Å². The number of anilines is 2. The monoisotopic (exact) mass is 564 g/mol. The molecule has 7 heteroatoms. The molecule has 1 spiro atoms. The molecule has 3 aliphatic rings.